The fraction of sp³-hybridized carbons (Fsp3) is 0.333. The van der Waals surface area contributed by atoms with Crippen LogP contribution in [0.4, 0.5) is 21.8 Å². The van der Waals surface area contributed by atoms with Crippen molar-refractivity contribution in [1.82, 2.24) is 9.97 Å². The van der Waals surface area contributed by atoms with E-state index < -0.39 is 0 Å². The molecule has 1 aromatic heterocycles. The monoisotopic (exact) mass is 274 g/mol. The zero-order chi connectivity index (χ0) is 14.5. The first kappa shape index (κ1) is 14.2. The van der Waals surface area contributed by atoms with E-state index in [1.54, 1.807) is 6.07 Å². The van der Waals surface area contributed by atoms with Crippen molar-refractivity contribution in [2.75, 3.05) is 17.2 Å². The molecule has 0 radical (unpaired) electrons. The number of rotatable bonds is 5. The van der Waals surface area contributed by atoms with Crippen LogP contribution in [0.3, 0.4) is 0 Å². The van der Waals surface area contributed by atoms with Gasteiger partial charge in [0.15, 0.2) is 0 Å². The van der Waals surface area contributed by atoms with Gasteiger partial charge in [0.2, 0.25) is 5.95 Å². The summed E-state index contributed by atoms with van der Waals surface area (Å²) in [6.07, 6.45) is 1.00. The van der Waals surface area contributed by atoms with Crippen molar-refractivity contribution >= 4 is 17.5 Å². The molecular weight excluding hydrogens is 255 g/mol. The molecule has 2 N–H and O–H groups in total. The summed E-state index contributed by atoms with van der Waals surface area (Å²) in [6, 6.07) is 6.48. The summed E-state index contributed by atoms with van der Waals surface area (Å²) in [5, 5.41) is 6.29. The highest BCUT2D eigenvalue weighted by Crippen LogP contribution is 2.21. The van der Waals surface area contributed by atoms with Crippen molar-refractivity contribution < 1.29 is 4.39 Å². The van der Waals surface area contributed by atoms with Gasteiger partial charge in [-0.25, -0.2) is 9.37 Å². The van der Waals surface area contributed by atoms with Gasteiger partial charge < -0.3 is 10.6 Å². The first-order valence-corrected chi connectivity index (χ1v) is 6.71. The smallest absolute Gasteiger partial charge is 0.224 e. The highest BCUT2D eigenvalue weighted by Gasteiger charge is 2.05. The topological polar surface area (TPSA) is 49.8 Å². The third-order valence-electron chi connectivity index (χ3n) is 2.85. The van der Waals surface area contributed by atoms with Crippen LogP contribution in [0.5, 0.6) is 0 Å². The van der Waals surface area contributed by atoms with Crippen LogP contribution < -0.4 is 10.6 Å². The zero-order valence-electron chi connectivity index (χ0n) is 12.0. The van der Waals surface area contributed by atoms with Gasteiger partial charge in [-0.2, -0.15) is 4.98 Å². The minimum atomic E-state index is -0.270. The molecule has 0 atom stereocenters. The number of hydrogen-bond acceptors (Lipinski definition) is 4. The highest BCUT2D eigenvalue weighted by atomic mass is 19.1. The van der Waals surface area contributed by atoms with Gasteiger partial charge in [-0.15, -0.1) is 0 Å². The lowest BCUT2D eigenvalue weighted by Crippen LogP contribution is -2.07. The first-order chi connectivity index (χ1) is 9.58. The summed E-state index contributed by atoms with van der Waals surface area (Å²) in [5.41, 5.74) is 2.53. The van der Waals surface area contributed by atoms with Crippen LogP contribution in [-0.2, 0) is 0 Å². The summed E-state index contributed by atoms with van der Waals surface area (Å²) in [6.45, 7) is 6.73. The minimum absolute atomic E-state index is 0.270. The molecule has 5 heteroatoms. The third-order valence-corrected chi connectivity index (χ3v) is 2.85. The molecule has 4 nitrogen and oxygen atoms in total. The van der Waals surface area contributed by atoms with Crippen molar-refractivity contribution in [3.05, 3.63) is 41.3 Å². The van der Waals surface area contributed by atoms with Crippen molar-refractivity contribution in [2.24, 2.45) is 0 Å². The summed E-state index contributed by atoms with van der Waals surface area (Å²) >= 11 is 0. The van der Waals surface area contributed by atoms with Gasteiger partial charge in [0.25, 0.3) is 0 Å². The Bertz CT molecular complexity index is 598. The standard InChI is InChI=1S/C15H19FN4/c1-4-7-17-15-18-11(3)8-14(20-15)19-13-9-12(16)6-5-10(13)2/h5-6,8-9H,4,7H2,1-3H3,(H2,17,18,19,20). The van der Waals surface area contributed by atoms with E-state index in [-0.39, 0.29) is 5.82 Å². The van der Waals surface area contributed by atoms with E-state index in [1.807, 2.05) is 19.9 Å². The summed E-state index contributed by atoms with van der Waals surface area (Å²) < 4.78 is 13.3. The Morgan fingerprint density at radius 2 is 1.95 bits per heavy atom. The molecule has 0 spiro atoms. The number of anilines is 3. The maximum absolute atomic E-state index is 13.3. The predicted octanol–water partition coefficient (Wildman–Crippen LogP) is 3.80. The van der Waals surface area contributed by atoms with Gasteiger partial charge in [-0.3, -0.25) is 0 Å². The number of hydrogen-bond donors (Lipinski definition) is 2. The molecule has 0 amide bonds. The molecule has 1 heterocycles. The number of aromatic nitrogens is 2. The molecule has 106 valence electrons. The summed E-state index contributed by atoms with van der Waals surface area (Å²) in [5.74, 6) is 0.974. The highest BCUT2D eigenvalue weighted by molar-refractivity contribution is 5.61. The van der Waals surface area contributed by atoms with Crippen LogP contribution in [0.1, 0.15) is 24.6 Å². The van der Waals surface area contributed by atoms with E-state index in [4.69, 9.17) is 0 Å². The average Bonchev–Trinajstić information content (AvgIpc) is 2.40. The van der Waals surface area contributed by atoms with Gasteiger partial charge in [0.1, 0.15) is 11.6 Å². The van der Waals surface area contributed by atoms with Crippen LogP contribution in [0.25, 0.3) is 0 Å². The third kappa shape index (κ3) is 3.66. The number of nitrogens with one attached hydrogen (secondary N) is 2. The van der Waals surface area contributed by atoms with Gasteiger partial charge in [0.05, 0.1) is 0 Å². The second kappa shape index (κ2) is 6.32. The van der Waals surface area contributed by atoms with E-state index in [2.05, 4.69) is 27.5 Å². The molecule has 1 aromatic carbocycles. The lowest BCUT2D eigenvalue weighted by atomic mass is 10.2. The average molecular weight is 274 g/mol. The Kier molecular flexibility index (Phi) is 4.50. The van der Waals surface area contributed by atoms with E-state index >= 15 is 0 Å². The Balaban J connectivity index is 2.24. The van der Waals surface area contributed by atoms with Gasteiger partial charge in [-0.05, 0) is 38.0 Å². The normalized spacial score (nSPS) is 10.4. The van der Waals surface area contributed by atoms with Crippen LogP contribution in [0, 0.1) is 19.7 Å². The molecule has 0 unspecified atom stereocenters. The number of halogens is 1. The molecule has 0 saturated heterocycles. The minimum Gasteiger partial charge on any atom is -0.354 e. The number of nitrogens with zero attached hydrogens (tertiary/aromatic N) is 2. The molecule has 20 heavy (non-hydrogen) atoms. The second-order valence-electron chi connectivity index (χ2n) is 4.73. The Hall–Kier alpha value is -2.17. The van der Waals surface area contributed by atoms with Crippen molar-refractivity contribution in [3.8, 4) is 0 Å². The Labute approximate surface area is 118 Å². The molecule has 2 aromatic rings. The quantitative estimate of drug-likeness (QED) is 0.870. The number of benzene rings is 1. The fourth-order valence-corrected chi connectivity index (χ4v) is 1.82. The van der Waals surface area contributed by atoms with Crippen LogP contribution in [0.2, 0.25) is 0 Å². The van der Waals surface area contributed by atoms with Crippen LogP contribution in [0.15, 0.2) is 24.3 Å². The van der Waals surface area contributed by atoms with Gasteiger partial charge in [-0.1, -0.05) is 13.0 Å². The van der Waals surface area contributed by atoms with E-state index in [1.165, 1.54) is 12.1 Å². The second-order valence-corrected chi connectivity index (χ2v) is 4.73. The Morgan fingerprint density at radius 1 is 1.15 bits per heavy atom. The molecule has 0 aliphatic rings. The van der Waals surface area contributed by atoms with E-state index in [9.17, 15) is 4.39 Å². The van der Waals surface area contributed by atoms with Gasteiger partial charge >= 0.3 is 0 Å². The maximum Gasteiger partial charge on any atom is 0.224 e. The molecule has 2 rings (SSSR count). The lowest BCUT2D eigenvalue weighted by Gasteiger charge is -2.11. The van der Waals surface area contributed by atoms with Crippen LogP contribution >= 0.6 is 0 Å². The van der Waals surface area contributed by atoms with E-state index in [0.29, 0.717) is 17.5 Å². The maximum atomic E-state index is 13.3. The zero-order valence-corrected chi connectivity index (χ0v) is 12.0. The largest absolute Gasteiger partial charge is 0.354 e. The SMILES string of the molecule is CCCNc1nc(C)cc(Nc2cc(F)ccc2C)n1. The first-order valence-electron chi connectivity index (χ1n) is 6.71. The van der Waals surface area contributed by atoms with Crippen molar-refractivity contribution in [3.63, 3.8) is 0 Å². The summed E-state index contributed by atoms with van der Waals surface area (Å²) in [4.78, 5) is 8.70. The molecule has 0 aliphatic carbocycles. The van der Waals surface area contributed by atoms with Crippen molar-refractivity contribution in [1.29, 1.82) is 0 Å². The summed E-state index contributed by atoms with van der Waals surface area (Å²) in [7, 11) is 0. The van der Waals surface area contributed by atoms with Crippen LogP contribution in [-0.4, -0.2) is 16.5 Å². The molecule has 0 saturated carbocycles. The molecule has 0 bridgehead atoms. The molecular formula is C15H19FN4. The lowest BCUT2D eigenvalue weighted by molar-refractivity contribution is 0.628. The molecule has 0 aliphatic heterocycles. The fourth-order valence-electron chi connectivity index (χ4n) is 1.82. The Morgan fingerprint density at radius 3 is 2.70 bits per heavy atom. The van der Waals surface area contributed by atoms with Gasteiger partial charge in [0, 0.05) is 24.0 Å². The van der Waals surface area contributed by atoms with Crippen molar-refractivity contribution in [2.45, 2.75) is 27.2 Å². The molecule has 0 fully saturated rings. The number of aryl methyl sites for hydroxylation is 2. The predicted molar refractivity (Wildman–Crippen MR) is 80.0 cm³/mol. The van der Waals surface area contributed by atoms with E-state index in [0.717, 1.165) is 24.2 Å².